The number of hydrogen-bond donors (Lipinski definition) is 0. The Balaban J connectivity index is 1.82. The summed E-state index contributed by atoms with van der Waals surface area (Å²) in [6, 6.07) is 13.2. The predicted molar refractivity (Wildman–Crippen MR) is 121 cm³/mol. The summed E-state index contributed by atoms with van der Waals surface area (Å²) in [6.45, 7) is 6.51. The van der Waals surface area contributed by atoms with Gasteiger partial charge in [-0.25, -0.2) is 0 Å². The highest BCUT2D eigenvalue weighted by molar-refractivity contribution is 7.16. The molecule has 0 aliphatic carbocycles. The predicted octanol–water partition coefficient (Wildman–Crippen LogP) is 5.08. The van der Waals surface area contributed by atoms with Crippen molar-refractivity contribution in [2.24, 2.45) is 4.99 Å². The van der Waals surface area contributed by atoms with Crippen LogP contribution in [-0.4, -0.2) is 10.5 Å². The lowest BCUT2D eigenvalue weighted by Crippen LogP contribution is -2.19. The third-order valence-electron chi connectivity index (χ3n) is 4.99. The minimum Gasteiger partial charge on any atom is -0.463 e. The van der Waals surface area contributed by atoms with Crippen LogP contribution in [-0.2, 0) is 13.0 Å². The molecular formula is C24H22N2O3S. The summed E-state index contributed by atoms with van der Waals surface area (Å²) in [6.07, 6.45) is 6.27. The van der Waals surface area contributed by atoms with E-state index in [2.05, 4.69) is 36.7 Å². The van der Waals surface area contributed by atoms with Crippen molar-refractivity contribution in [2.45, 2.75) is 32.7 Å². The van der Waals surface area contributed by atoms with Gasteiger partial charge in [0.1, 0.15) is 17.4 Å². The highest BCUT2D eigenvalue weighted by Gasteiger charge is 2.15. The first-order valence-corrected chi connectivity index (χ1v) is 10.8. The zero-order chi connectivity index (χ0) is 21.1. The molecule has 0 unspecified atom stereocenters. The summed E-state index contributed by atoms with van der Waals surface area (Å²) in [5.74, 6) is -0.606. The number of aromatic nitrogens is 1. The number of hydrogen-bond acceptors (Lipinski definition) is 4. The van der Waals surface area contributed by atoms with E-state index < -0.39 is 5.91 Å². The van der Waals surface area contributed by atoms with Crippen molar-refractivity contribution in [1.29, 1.82) is 0 Å². The summed E-state index contributed by atoms with van der Waals surface area (Å²) in [7, 11) is 0. The van der Waals surface area contributed by atoms with Gasteiger partial charge in [0.15, 0.2) is 4.80 Å². The van der Waals surface area contributed by atoms with Gasteiger partial charge in [0, 0.05) is 6.54 Å². The summed E-state index contributed by atoms with van der Waals surface area (Å²) >= 11 is 1.44. The molecule has 5 nitrogen and oxygen atoms in total. The molecule has 2 aromatic carbocycles. The van der Waals surface area contributed by atoms with Gasteiger partial charge in [0.2, 0.25) is 5.43 Å². The average molecular weight is 419 g/mol. The van der Waals surface area contributed by atoms with E-state index in [1.54, 1.807) is 30.3 Å². The highest BCUT2D eigenvalue weighted by Crippen LogP contribution is 2.21. The number of unbranched alkanes of at least 4 members (excludes halogenated alkanes) is 1. The molecule has 2 aromatic heterocycles. The molecule has 0 bridgehead atoms. The topological polar surface area (TPSA) is 64.6 Å². The summed E-state index contributed by atoms with van der Waals surface area (Å²) < 4.78 is 8.47. The zero-order valence-corrected chi connectivity index (χ0v) is 17.6. The number of allylic oxidation sites excluding steroid dienone is 1. The molecule has 0 fully saturated rings. The van der Waals surface area contributed by atoms with Crippen molar-refractivity contribution in [1.82, 2.24) is 4.57 Å². The van der Waals surface area contributed by atoms with Crippen LogP contribution < -0.4 is 10.2 Å². The van der Waals surface area contributed by atoms with E-state index >= 15 is 0 Å². The molecule has 1 amide bonds. The second-order valence-electron chi connectivity index (χ2n) is 7.08. The molecule has 30 heavy (non-hydrogen) atoms. The van der Waals surface area contributed by atoms with Gasteiger partial charge >= 0.3 is 0 Å². The number of para-hydroxylation sites is 1. The van der Waals surface area contributed by atoms with E-state index in [0.29, 0.717) is 22.3 Å². The first-order chi connectivity index (χ1) is 14.6. The Bertz CT molecular complexity index is 1370. The van der Waals surface area contributed by atoms with Crippen LogP contribution in [0.2, 0.25) is 0 Å². The Hall–Kier alpha value is -3.25. The van der Waals surface area contributed by atoms with Gasteiger partial charge in [-0.3, -0.25) is 9.59 Å². The quantitative estimate of drug-likeness (QED) is 0.410. The smallest absolute Gasteiger partial charge is 0.286 e. The van der Waals surface area contributed by atoms with Crippen LogP contribution >= 0.6 is 11.3 Å². The van der Waals surface area contributed by atoms with Crippen molar-refractivity contribution in [2.75, 3.05) is 0 Å². The summed E-state index contributed by atoms with van der Waals surface area (Å²) in [5.41, 5.74) is 2.27. The lowest BCUT2D eigenvalue weighted by Gasteiger charge is -2.03. The minimum absolute atomic E-state index is 0.0695. The fraction of sp³-hybridized carbons (Fsp3) is 0.208. The van der Waals surface area contributed by atoms with Gasteiger partial charge in [-0.05, 0) is 42.7 Å². The van der Waals surface area contributed by atoms with Crippen LogP contribution in [0.4, 0.5) is 0 Å². The number of benzene rings is 2. The van der Waals surface area contributed by atoms with Gasteiger partial charge < -0.3 is 8.98 Å². The maximum absolute atomic E-state index is 12.9. The lowest BCUT2D eigenvalue weighted by atomic mass is 10.1. The minimum atomic E-state index is -0.606. The van der Waals surface area contributed by atoms with Gasteiger partial charge in [-0.1, -0.05) is 49.0 Å². The molecule has 0 aliphatic heterocycles. The largest absolute Gasteiger partial charge is 0.463 e. The molecule has 4 rings (SSSR count). The number of nitrogens with zero attached hydrogens (tertiary/aromatic N) is 2. The van der Waals surface area contributed by atoms with Crippen LogP contribution in [0.25, 0.3) is 21.2 Å². The van der Waals surface area contributed by atoms with E-state index in [9.17, 15) is 9.59 Å². The molecule has 0 saturated heterocycles. The number of carbonyl (C=O) groups excluding carboxylic acids is 1. The van der Waals surface area contributed by atoms with Gasteiger partial charge in [-0.15, -0.1) is 6.58 Å². The Morgan fingerprint density at radius 3 is 2.90 bits per heavy atom. The van der Waals surface area contributed by atoms with Crippen LogP contribution in [0, 0.1) is 0 Å². The molecule has 152 valence electrons. The Kier molecular flexibility index (Phi) is 5.77. The van der Waals surface area contributed by atoms with Crippen LogP contribution in [0.5, 0.6) is 0 Å². The standard InChI is InChI=1S/C24H22N2O3S/c1-3-5-8-16-11-12-19-21(14-16)30-24(26(19)13-4-2)25-23(28)18-15-29-20-10-7-6-9-17(20)22(18)27/h4,6-7,9-12,14-15H,2-3,5,8,13H2,1H3. The molecule has 0 radical (unpaired) electrons. The van der Waals surface area contributed by atoms with Crippen molar-refractivity contribution < 1.29 is 9.21 Å². The van der Waals surface area contributed by atoms with Crippen molar-refractivity contribution in [3.63, 3.8) is 0 Å². The third-order valence-corrected chi connectivity index (χ3v) is 6.03. The van der Waals surface area contributed by atoms with Gasteiger partial charge in [-0.2, -0.15) is 4.99 Å². The Morgan fingerprint density at radius 2 is 2.10 bits per heavy atom. The molecule has 4 aromatic rings. The van der Waals surface area contributed by atoms with Gasteiger partial charge in [0.05, 0.1) is 15.6 Å². The van der Waals surface area contributed by atoms with Gasteiger partial charge in [0.25, 0.3) is 5.91 Å². The molecule has 6 heteroatoms. The molecule has 2 heterocycles. The maximum Gasteiger partial charge on any atom is 0.286 e. The molecule has 0 N–H and O–H groups in total. The molecule has 0 saturated carbocycles. The second kappa shape index (κ2) is 8.63. The summed E-state index contributed by atoms with van der Waals surface area (Å²) in [4.78, 5) is 30.4. The molecular weight excluding hydrogens is 396 g/mol. The van der Waals surface area contributed by atoms with Crippen LogP contribution in [0.1, 0.15) is 35.7 Å². The number of aryl methyl sites for hydroxylation is 1. The van der Waals surface area contributed by atoms with Crippen molar-refractivity contribution in [3.05, 3.63) is 87.5 Å². The van der Waals surface area contributed by atoms with E-state index in [0.717, 1.165) is 29.5 Å². The molecule has 0 spiro atoms. The Labute approximate surface area is 177 Å². The zero-order valence-electron chi connectivity index (χ0n) is 16.8. The fourth-order valence-corrected chi connectivity index (χ4v) is 4.52. The van der Waals surface area contributed by atoms with Crippen molar-refractivity contribution in [3.8, 4) is 0 Å². The third kappa shape index (κ3) is 3.78. The molecule has 0 aliphatic rings. The van der Waals surface area contributed by atoms with E-state index in [-0.39, 0.29) is 11.0 Å². The number of thiazole rings is 1. The number of amides is 1. The van der Waals surface area contributed by atoms with Crippen molar-refractivity contribution >= 4 is 38.4 Å². The molecule has 0 atom stereocenters. The van der Waals surface area contributed by atoms with E-state index in [4.69, 9.17) is 4.42 Å². The number of fused-ring (bicyclic) bond motifs is 2. The monoisotopic (exact) mass is 418 g/mol. The first kappa shape index (κ1) is 20.0. The maximum atomic E-state index is 12.9. The Morgan fingerprint density at radius 1 is 1.27 bits per heavy atom. The SMILES string of the molecule is C=CCn1c(=NC(=O)c2coc3ccccc3c2=O)sc2cc(CCCC)ccc21. The fourth-order valence-electron chi connectivity index (χ4n) is 3.42. The number of rotatable bonds is 6. The second-order valence-corrected chi connectivity index (χ2v) is 8.09. The summed E-state index contributed by atoms with van der Waals surface area (Å²) in [5, 5.41) is 0.370. The first-order valence-electron chi connectivity index (χ1n) is 9.95. The number of carbonyl (C=O) groups is 1. The highest BCUT2D eigenvalue weighted by atomic mass is 32.1. The normalized spacial score (nSPS) is 12.0. The van der Waals surface area contributed by atoms with E-state index in [1.807, 2.05) is 4.57 Å². The lowest BCUT2D eigenvalue weighted by molar-refractivity contribution is 0.0995. The van der Waals surface area contributed by atoms with Crippen LogP contribution in [0.3, 0.4) is 0 Å². The van der Waals surface area contributed by atoms with Crippen LogP contribution in [0.15, 0.2) is 75.6 Å². The van der Waals surface area contributed by atoms with E-state index in [1.165, 1.54) is 23.2 Å². The average Bonchev–Trinajstić information content (AvgIpc) is 3.09.